The molecule has 0 saturated heterocycles. The first-order chi connectivity index (χ1) is 13.5. The molecule has 5 nitrogen and oxygen atoms in total. The van der Waals surface area contributed by atoms with Crippen molar-refractivity contribution in [2.45, 2.75) is 52.1 Å². The number of benzene rings is 1. The normalized spacial score (nSPS) is 24.3. The summed E-state index contributed by atoms with van der Waals surface area (Å²) in [5.74, 6) is 1.33. The molecule has 30 heavy (non-hydrogen) atoms. The van der Waals surface area contributed by atoms with Crippen LogP contribution in [0.3, 0.4) is 0 Å². The molecule has 0 aliphatic heterocycles. The molecule has 0 bridgehead atoms. The van der Waals surface area contributed by atoms with Gasteiger partial charge in [-0.1, -0.05) is 45.4 Å². The maximum atomic E-state index is 12.9. The molecule has 1 saturated carbocycles. The number of amides is 1. The lowest BCUT2D eigenvalue weighted by atomic mass is 9.66. The van der Waals surface area contributed by atoms with Gasteiger partial charge in [0.1, 0.15) is 24.5 Å². The van der Waals surface area contributed by atoms with Gasteiger partial charge in [0.25, 0.3) is 5.91 Å². The molecule has 172 valence electrons. The van der Waals surface area contributed by atoms with E-state index in [1.165, 1.54) is 0 Å². The first-order valence-corrected chi connectivity index (χ1v) is 11.0. The van der Waals surface area contributed by atoms with Crippen molar-refractivity contribution in [3.63, 3.8) is 0 Å². The Balaban J connectivity index is 0.00000450. The highest BCUT2D eigenvalue weighted by molar-refractivity contribution is 5.85. The van der Waals surface area contributed by atoms with Gasteiger partial charge in [0.15, 0.2) is 0 Å². The summed E-state index contributed by atoms with van der Waals surface area (Å²) in [5.41, 5.74) is -0.175. The Bertz CT molecular complexity index is 675. The van der Waals surface area contributed by atoms with E-state index in [-0.39, 0.29) is 41.7 Å². The predicted molar refractivity (Wildman–Crippen MR) is 118 cm³/mol. The zero-order valence-corrected chi connectivity index (χ0v) is 21.7. The monoisotopic (exact) mass is 532 g/mol. The van der Waals surface area contributed by atoms with Gasteiger partial charge in [-0.25, -0.2) is 0 Å². The van der Waals surface area contributed by atoms with Crippen molar-refractivity contribution in [2.24, 2.45) is 17.8 Å². The molecule has 1 aromatic rings. The van der Waals surface area contributed by atoms with Crippen LogP contribution in [0.5, 0.6) is 5.75 Å². The minimum atomic E-state index is -1.26. The Labute approximate surface area is 200 Å². The third-order valence-electron chi connectivity index (χ3n) is 6.11. The number of ether oxygens (including phenoxy) is 1. The molecule has 6 heteroatoms. The van der Waals surface area contributed by atoms with Crippen LogP contribution in [0, 0.1) is 17.8 Å². The van der Waals surface area contributed by atoms with Gasteiger partial charge in [-0.3, -0.25) is 4.79 Å². The zero-order chi connectivity index (χ0) is 21.7. The van der Waals surface area contributed by atoms with Crippen molar-refractivity contribution in [1.82, 2.24) is 5.32 Å². The number of para-hydroxylation sites is 1. The molecular formula is C24H41IN2O3. The maximum absolute atomic E-state index is 12.9. The van der Waals surface area contributed by atoms with Gasteiger partial charge in [-0.15, -0.1) is 0 Å². The predicted octanol–water partition coefficient (Wildman–Crippen LogP) is 0.258. The fourth-order valence-electron chi connectivity index (χ4n) is 4.38. The number of quaternary nitrogens is 1. The maximum Gasteiger partial charge on any atom is 0.252 e. The fraction of sp³-hybridized carbons (Fsp3) is 0.708. The Morgan fingerprint density at radius 3 is 2.57 bits per heavy atom. The van der Waals surface area contributed by atoms with Crippen LogP contribution in [0.15, 0.2) is 24.3 Å². The largest absolute Gasteiger partial charge is 1.00 e. The number of aliphatic hydroxyl groups is 1. The number of carbonyl (C=O) groups excluding carboxylic acids is 1. The highest BCUT2D eigenvalue weighted by Gasteiger charge is 2.48. The van der Waals surface area contributed by atoms with Gasteiger partial charge in [0.2, 0.25) is 0 Å². The summed E-state index contributed by atoms with van der Waals surface area (Å²) in [4.78, 5) is 12.9. The van der Waals surface area contributed by atoms with Gasteiger partial charge < -0.3 is 43.6 Å². The van der Waals surface area contributed by atoms with E-state index in [2.05, 4.69) is 47.2 Å². The molecule has 1 aliphatic rings. The summed E-state index contributed by atoms with van der Waals surface area (Å²) < 4.78 is 6.85. The summed E-state index contributed by atoms with van der Waals surface area (Å²) >= 11 is 0. The van der Waals surface area contributed by atoms with Crippen LogP contribution in [0.1, 0.15) is 45.6 Å². The van der Waals surface area contributed by atoms with E-state index in [4.69, 9.17) is 4.74 Å². The summed E-state index contributed by atoms with van der Waals surface area (Å²) in [6.45, 7) is 8.40. The van der Waals surface area contributed by atoms with Gasteiger partial charge in [-0.05, 0) is 48.6 Å². The molecule has 0 heterocycles. The number of halogens is 1. The Kier molecular flexibility index (Phi) is 10.6. The van der Waals surface area contributed by atoms with Gasteiger partial charge in [0.05, 0.1) is 21.1 Å². The van der Waals surface area contributed by atoms with Crippen molar-refractivity contribution in [3.05, 3.63) is 29.8 Å². The third kappa shape index (κ3) is 7.68. The van der Waals surface area contributed by atoms with Gasteiger partial charge in [-0.2, -0.15) is 0 Å². The fourth-order valence-corrected chi connectivity index (χ4v) is 4.38. The quantitative estimate of drug-likeness (QED) is 0.355. The average molecular weight is 533 g/mol. The number of rotatable bonds is 9. The lowest BCUT2D eigenvalue weighted by Gasteiger charge is -2.43. The zero-order valence-electron chi connectivity index (χ0n) is 19.6. The molecule has 1 fully saturated rings. The lowest BCUT2D eigenvalue weighted by molar-refractivity contribution is -0.870. The van der Waals surface area contributed by atoms with Crippen molar-refractivity contribution in [3.8, 4) is 5.75 Å². The second-order valence-electron chi connectivity index (χ2n) is 10.1. The molecule has 1 aromatic carbocycles. The molecule has 1 amide bonds. The van der Waals surface area contributed by atoms with Crippen molar-refractivity contribution in [1.29, 1.82) is 0 Å². The second-order valence-corrected chi connectivity index (χ2v) is 10.1. The highest BCUT2D eigenvalue weighted by atomic mass is 127. The van der Waals surface area contributed by atoms with Crippen LogP contribution in [-0.2, 0) is 11.2 Å². The van der Waals surface area contributed by atoms with Crippen LogP contribution in [0.2, 0.25) is 0 Å². The molecule has 0 spiro atoms. The van der Waals surface area contributed by atoms with Crippen LogP contribution in [0.25, 0.3) is 0 Å². The van der Waals surface area contributed by atoms with Crippen LogP contribution >= 0.6 is 0 Å². The SMILES string of the molecule is CC(C)[C@@H]1CC[C@@H](C)C[C@@]1(O)C(=O)NCCc1ccccc1OCC[N+](C)(C)C.[I-]. The van der Waals surface area contributed by atoms with Crippen LogP contribution in [0.4, 0.5) is 0 Å². The molecule has 0 radical (unpaired) electrons. The van der Waals surface area contributed by atoms with E-state index in [1.807, 2.05) is 24.3 Å². The first kappa shape index (κ1) is 27.2. The van der Waals surface area contributed by atoms with Gasteiger partial charge in [0, 0.05) is 6.54 Å². The number of likely N-dealkylation sites (N-methyl/N-ethyl adjacent to an activating group) is 1. The van der Waals surface area contributed by atoms with Gasteiger partial charge >= 0.3 is 0 Å². The third-order valence-corrected chi connectivity index (χ3v) is 6.11. The highest BCUT2D eigenvalue weighted by Crippen LogP contribution is 2.41. The number of nitrogens with one attached hydrogen (secondary N) is 1. The topological polar surface area (TPSA) is 58.6 Å². The minimum absolute atomic E-state index is 0. The minimum Gasteiger partial charge on any atom is -1.00 e. The van der Waals surface area contributed by atoms with Crippen molar-refractivity contribution < 1.29 is 43.1 Å². The summed E-state index contributed by atoms with van der Waals surface area (Å²) in [6.07, 6.45) is 3.22. The average Bonchev–Trinajstić information content (AvgIpc) is 2.61. The van der Waals surface area contributed by atoms with Crippen LogP contribution < -0.4 is 34.0 Å². The van der Waals surface area contributed by atoms with E-state index < -0.39 is 5.60 Å². The molecular weight excluding hydrogens is 491 g/mol. The first-order valence-electron chi connectivity index (χ1n) is 11.0. The van der Waals surface area contributed by atoms with Crippen LogP contribution in [-0.4, -0.2) is 61.9 Å². The summed E-state index contributed by atoms with van der Waals surface area (Å²) in [7, 11) is 6.43. The van der Waals surface area contributed by atoms with E-state index in [1.54, 1.807) is 0 Å². The number of hydrogen-bond donors (Lipinski definition) is 2. The molecule has 2 rings (SSSR count). The van der Waals surface area contributed by atoms with E-state index in [0.29, 0.717) is 31.9 Å². The summed E-state index contributed by atoms with van der Waals surface area (Å²) in [5, 5.41) is 14.3. The molecule has 0 unspecified atom stereocenters. The Hall–Kier alpha value is -0.860. The second kappa shape index (κ2) is 11.7. The number of hydrogen-bond acceptors (Lipinski definition) is 3. The molecule has 2 N–H and O–H groups in total. The van der Waals surface area contributed by atoms with E-state index in [9.17, 15) is 9.90 Å². The molecule has 1 aliphatic carbocycles. The smallest absolute Gasteiger partial charge is 0.252 e. The Morgan fingerprint density at radius 1 is 1.27 bits per heavy atom. The summed E-state index contributed by atoms with van der Waals surface area (Å²) in [6, 6.07) is 8.00. The standard InChI is InChI=1S/C24H40N2O3.HI/c1-18(2)21-12-11-19(3)17-24(21,28)23(27)25-14-13-20-9-7-8-10-22(20)29-16-15-26(4,5)6;/h7-10,18-19,21,28H,11-17H2,1-6H3;1H/t19-,21+,24+;/m1./s1. The molecule has 3 atom stereocenters. The van der Waals surface area contributed by atoms with Crippen molar-refractivity contribution >= 4 is 5.91 Å². The van der Waals surface area contributed by atoms with E-state index in [0.717, 1.165) is 35.2 Å². The molecule has 0 aromatic heterocycles. The number of carbonyl (C=O) groups is 1. The van der Waals surface area contributed by atoms with E-state index >= 15 is 0 Å². The lowest BCUT2D eigenvalue weighted by Crippen LogP contribution is -3.00. The Morgan fingerprint density at radius 2 is 1.93 bits per heavy atom. The number of nitrogens with zero attached hydrogens (tertiary/aromatic N) is 1. The van der Waals surface area contributed by atoms with Crippen molar-refractivity contribution in [2.75, 3.05) is 40.8 Å².